The van der Waals surface area contributed by atoms with E-state index in [4.69, 9.17) is 16.5 Å². The molecule has 1 unspecified atom stereocenters. The number of carbonyl (C=O) groups is 1. The van der Waals surface area contributed by atoms with Crippen molar-refractivity contribution in [3.05, 3.63) is 29.8 Å². The SMILES string of the molecule is NCCCCCCCC(=O)N1C(N)=NC(C2CCNCC2)c2ccccc21. The van der Waals surface area contributed by atoms with Crippen molar-refractivity contribution < 1.29 is 4.79 Å². The summed E-state index contributed by atoms with van der Waals surface area (Å²) in [7, 11) is 0. The second-order valence-corrected chi connectivity index (χ2v) is 7.61. The van der Waals surface area contributed by atoms with E-state index in [2.05, 4.69) is 11.4 Å². The second kappa shape index (κ2) is 9.85. The van der Waals surface area contributed by atoms with Gasteiger partial charge in [-0.05, 0) is 57.3 Å². The lowest BCUT2D eigenvalue weighted by Gasteiger charge is -2.36. The van der Waals surface area contributed by atoms with E-state index in [-0.39, 0.29) is 11.9 Å². The Hall–Kier alpha value is -1.92. The number of piperidine rings is 1. The van der Waals surface area contributed by atoms with Gasteiger partial charge in [-0.15, -0.1) is 0 Å². The van der Waals surface area contributed by atoms with E-state index in [1.807, 2.05) is 18.2 Å². The number of anilines is 1. The monoisotopic (exact) mass is 371 g/mol. The van der Waals surface area contributed by atoms with Gasteiger partial charge in [0.1, 0.15) is 0 Å². The molecule has 0 spiro atoms. The van der Waals surface area contributed by atoms with Crippen LogP contribution in [0.1, 0.15) is 63.0 Å². The topological polar surface area (TPSA) is 96.7 Å². The molecular weight excluding hydrogens is 338 g/mol. The molecule has 0 aliphatic carbocycles. The summed E-state index contributed by atoms with van der Waals surface area (Å²) in [6.45, 7) is 2.78. The highest BCUT2D eigenvalue weighted by Gasteiger charge is 2.34. The lowest BCUT2D eigenvalue weighted by molar-refractivity contribution is -0.117. The lowest BCUT2D eigenvalue weighted by atomic mass is 9.84. The quantitative estimate of drug-likeness (QED) is 0.612. The Morgan fingerprint density at radius 2 is 1.81 bits per heavy atom. The number of benzene rings is 1. The minimum absolute atomic E-state index is 0.0475. The molecule has 0 bridgehead atoms. The Labute approximate surface area is 162 Å². The number of guanidine groups is 1. The van der Waals surface area contributed by atoms with Gasteiger partial charge in [-0.3, -0.25) is 9.69 Å². The van der Waals surface area contributed by atoms with Crippen LogP contribution in [0.15, 0.2) is 29.3 Å². The van der Waals surface area contributed by atoms with Crippen molar-refractivity contribution in [1.29, 1.82) is 0 Å². The molecule has 2 heterocycles. The second-order valence-electron chi connectivity index (χ2n) is 7.61. The fourth-order valence-corrected chi connectivity index (χ4v) is 4.18. The average molecular weight is 372 g/mol. The highest BCUT2D eigenvalue weighted by atomic mass is 16.2. The lowest BCUT2D eigenvalue weighted by Crippen LogP contribution is -2.46. The van der Waals surface area contributed by atoms with Crippen LogP contribution in [0.25, 0.3) is 0 Å². The summed E-state index contributed by atoms with van der Waals surface area (Å²) in [5, 5.41) is 3.41. The number of nitrogens with two attached hydrogens (primary N) is 2. The zero-order valence-electron chi connectivity index (χ0n) is 16.2. The number of fused-ring (bicyclic) bond motifs is 1. The Morgan fingerprint density at radius 3 is 2.59 bits per heavy atom. The molecular formula is C21H33N5O. The van der Waals surface area contributed by atoms with Crippen LogP contribution in [0.3, 0.4) is 0 Å². The maximum atomic E-state index is 12.9. The minimum atomic E-state index is 0.0475. The van der Waals surface area contributed by atoms with E-state index in [1.54, 1.807) is 4.90 Å². The number of hydrogen-bond acceptors (Lipinski definition) is 5. The van der Waals surface area contributed by atoms with Crippen molar-refractivity contribution in [2.75, 3.05) is 24.5 Å². The van der Waals surface area contributed by atoms with Crippen molar-refractivity contribution in [1.82, 2.24) is 5.32 Å². The standard InChI is InChI=1S/C21H33N5O/c22-13-7-3-1-2-4-10-19(27)26-18-9-6-5-8-17(18)20(25-21(26)23)16-11-14-24-15-12-16/h5-6,8-9,16,20,24H,1-4,7,10-15,22H2,(H2,23,25). The Morgan fingerprint density at radius 1 is 1.11 bits per heavy atom. The molecule has 1 aromatic carbocycles. The summed E-state index contributed by atoms with van der Waals surface area (Å²) in [5.74, 6) is 0.877. The molecule has 0 saturated carbocycles. The van der Waals surface area contributed by atoms with Gasteiger partial charge in [0, 0.05) is 12.0 Å². The number of para-hydroxylation sites is 1. The van der Waals surface area contributed by atoms with Crippen LogP contribution in [0.5, 0.6) is 0 Å². The van der Waals surface area contributed by atoms with Gasteiger partial charge in [-0.1, -0.05) is 37.5 Å². The number of aliphatic imine (C=N–C) groups is 1. The summed E-state index contributed by atoms with van der Waals surface area (Å²) in [4.78, 5) is 19.3. The number of nitrogens with zero attached hydrogens (tertiary/aromatic N) is 2. The predicted octanol–water partition coefficient (Wildman–Crippen LogP) is 2.69. The Kier molecular flexibility index (Phi) is 7.24. The molecule has 2 aliphatic heterocycles. The van der Waals surface area contributed by atoms with E-state index in [9.17, 15) is 4.79 Å². The largest absolute Gasteiger partial charge is 0.369 e. The van der Waals surface area contributed by atoms with Crippen LogP contribution in [0.2, 0.25) is 0 Å². The fourth-order valence-electron chi connectivity index (χ4n) is 4.18. The molecule has 1 atom stereocenters. The summed E-state index contributed by atoms with van der Waals surface area (Å²) in [6.07, 6.45) is 7.94. The van der Waals surface area contributed by atoms with E-state index in [1.165, 1.54) is 0 Å². The summed E-state index contributed by atoms with van der Waals surface area (Å²) < 4.78 is 0. The summed E-state index contributed by atoms with van der Waals surface area (Å²) >= 11 is 0. The molecule has 1 fully saturated rings. The number of nitrogens with one attached hydrogen (secondary N) is 1. The molecule has 5 N–H and O–H groups in total. The predicted molar refractivity (Wildman–Crippen MR) is 111 cm³/mol. The van der Waals surface area contributed by atoms with Crippen LogP contribution >= 0.6 is 0 Å². The molecule has 1 saturated heterocycles. The molecule has 27 heavy (non-hydrogen) atoms. The number of amides is 1. The van der Waals surface area contributed by atoms with Crippen molar-refractivity contribution in [3.63, 3.8) is 0 Å². The van der Waals surface area contributed by atoms with Crippen LogP contribution in [-0.4, -0.2) is 31.5 Å². The van der Waals surface area contributed by atoms with Crippen LogP contribution in [0.4, 0.5) is 5.69 Å². The first kappa shape index (κ1) is 19.8. The van der Waals surface area contributed by atoms with Gasteiger partial charge in [-0.2, -0.15) is 0 Å². The Balaban J connectivity index is 1.68. The molecule has 6 heteroatoms. The van der Waals surface area contributed by atoms with E-state index in [0.29, 0.717) is 18.3 Å². The van der Waals surface area contributed by atoms with Crippen molar-refractivity contribution in [3.8, 4) is 0 Å². The smallest absolute Gasteiger partial charge is 0.233 e. The molecule has 0 aromatic heterocycles. The van der Waals surface area contributed by atoms with Crippen molar-refractivity contribution >= 4 is 17.6 Å². The molecule has 3 rings (SSSR count). The first-order valence-electron chi connectivity index (χ1n) is 10.4. The average Bonchev–Trinajstić information content (AvgIpc) is 2.70. The molecule has 1 aromatic rings. The summed E-state index contributed by atoms with van der Waals surface area (Å²) in [6, 6.07) is 8.17. The van der Waals surface area contributed by atoms with Gasteiger partial charge < -0.3 is 16.8 Å². The van der Waals surface area contributed by atoms with Gasteiger partial charge in [0.25, 0.3) is 0 Å². The molecule has 148 valence electrons. The van der Waals surface area contributed by atoms with Crippen LogP contribution in [0, 0.1) is 5.92 Å². The fraction of sp³-hybridized carbons (Fsp3) is 0.619. The van der Waals surface area contributed by atoms with Crippen molar-refractivity contribution in [2.24, 2.45) is 22.4 Å². The first-order valence-corrected chi connectivity index (χ1v) is 10.4. The van der Waals surface area contributed by atoms with Gasteiger partial charge in [-0.25, -0.2) is 4.99 Å². The zero-order chi connectivity index (χ0) is 19.1. The van der Waals surface area contributed by atoms with E-state index < -0.39 is 0 Å². The van der Waals surface area contributed by atoms with Crippen LogP contribution in [-0.2, 0) is 4.79 Å². The van der Waals surface area contributed by atoms with Crippen LogP contribution < -0.4 is 21.7 Å². The highest BCUT2D eigenvalue weighted by Crippen LogP contribution is 2.40. The minimum Gasteiger partial charge on any atom is -0.369 e. The maximum absolute atomic E-state index is 12.9. The van der Waals surface area contributed by atoms with E-state index >= 15 is 0 Å². The van der Waals surface area contributed by atoms with Gasteiger partial charge in [0.15, 0.2) is 0 Å². The molecule has 6 nitrogen and oxygen atoms in total. The highest BCUT2D eigenvalue weighted by molar-refractivity contribution is 6.17. The first-order chi connectivity index (χ1) is 13.2. The zero-order valence-corrected chi connectivity index (χ0v) is 16.2. The molecule has 2 aliphatic rings. The number of rotatable bonds is 8. The normalized spacial score (nSPS) is 20.3. The van der Waals surface area contributed by atoms with Gasteiger partial charge in [0.05, 0.1) is 11.7 Å². The maximum Gasteiger partial charge on any atom is 0.233 e. The molecule has 1 amide bonds. The Bertz CT molecular complexity index is 654. The van der Waals surface area contributed by atoms with Gasteiger partial charge in [0.2, 0.25) is 11.9 Å². The third kappa shape index (κ3) is 4.87. The van der Waals surface area contributed by atoms with Crippen molar-refractivity contribution in [2.45, 2.75) is 57.4 Å². The summed E-state index contributed by atoms with van der Waals surface area (Å²) in [5.41, 5.74) is 13.9. The third-order valence-corrected chi connectivity index (χ3v) is 5.67. The van der Waals surface area contributed by atoms with Gasteiger partial charge >= 0.3 is 0 Å². The van der Waals surface area contributed by atoms with E-state index in [0.717, 1.165) is 75.8 Å². The number of carbonyl (C=O) groups excluding carboxylic acids is 1. The third-order valence-electron chi connectivity index (χ3n) is 5.67. The number of hydrogen-bond donors (Lipinski definition) is 3. The number of unbranched alkanes of at least 4 members (excludes halogenated alkanes) is 4. The molecule has 0 radical (unpaired) electrons.